The highest BCUT2D eigenvalue weighted by molar-refractivity contribution is 5.85. The summed E-state index contributed by atoms with van der Waals surface area (Å²) < 4.78 is 43.3. The summed E-state index contributed by atoms with van der Waals surface area (Å²) in [6.07, 6.45) is -4.81. The SMILES string of the molecule is COC(=O)C[C@H](NC(=O)CN)c1ccc(C)c(C(F)(F)F)c1.Cl. The van der Waals surface area contributed by atoms with Gasteiger partial charge in [0.05, 0.1) is 31.7 Å². The summed E-state index contributed by atoms with van der Waals surface area (Å²) in [4.78, 5) is 22.8. The van der Waals surface area contributed by atoms with Gasteiger partial charge in [0.15, 0.2) is 0 Å². The number of halogens is 4. The van der Waals surface area contributed by atoms with E-state index in [4.69, 9.17) is 5.73 Å². The summed E-state index contributed by atoms with van der Waals surface area (Å²) in [5.74, 6) is -1.24. The molecule has 1 rings (SSSR count). The first-order valence-electron chi connectivity index (χ1n) is 6.43. The van der Waals surface area contributed by atoms with E-state index in [9.17, 15) is 22.8 Å². The fraction of sp³-hybridized carbons (Fsp3) is 0.429. The lowest BCUT2D eigenvalue weighted by atomic mass is 9.98. The highest BCUT2D eigenvalue weighted by Crippen LogP contribution is 2.34. The first-order valence-corrected chi connectivity index (χ1v) is 6.43. The van der Waals surface area contributed by atoms with Gasteiger partial charge in [-0.25, -0.2) is 0 Å². The Kier molecular flexibility index (Phi) is 8.05. The van der Waals surface area contributed by atoms with Crippen LogP contribution in [0.15, 0.2) is 18.2 Å². The van der Waals surface area contributed by atoms with Crippen LogP contribution in [0.3, 0.4) is 0 Å². The summed E-state index contributed by atoms with van der Waals surface area (Å²) >= 11 is 0. The van der Waals surface area contributed by atoms with Crippen LogP contribution in [0.4, 0.5) is 13.2 Å². The van der Waals surface area contributed by atoms with E-state index in [1.54, 1.807) is 0 Å². The van der Waals surface area contributed by atoms with E-state index in [1.807, 2.05) is 0 Å². The van der Waals surface area contributed by atoms with Gasteiger partial charge >= 0.3 is 12.1 Å². The quantitative estimate of drug-likeness (QED) is 0.794. The lowest BCUT2D eigenvalue weighted by Gasteiger charge is -2.20. The van der Waals surface area contributed by atoms with E-state index in [0.717, 1.165) is 13.2 Å². The number of rotatable bonds is 5. The molecule has 3 N–H and O–H groups in total. The molecule has 9 heteroatoms. The van der Waals surface area contributed by atoms with Gasteiger partial charge in [-0.2, -0.15) is 13.2 Å². The van der Waals surface area contributed by atoms with E-state index in [-0.39, 0.29) is 36.5 Å². The second kappa shape index (κ2) is 8.73. The minimum atomic E-state index is -4.52. The molecule has 0 heterocycles. The monoisotopic (exact) mass is 354 g/mol. The Morgan fingerprint density at radius 3 is 2.43 bits per heavy atom. The maximum Gasteiger partial charge on any atom is 0.416 e. The van der Waals surface area contributed by atoms with E-state index >= 15 is 0 Å². The van der Waals surface area contributed by atoms with Gasteiger partial charge in [0, 0.05) is 0 Å². The number of ether oxygens (including phenoxy) is 1. The van der Waals surface area contributed by atoms with Gasteiger partial charge in [0.25, 0.3) is 0 Å². The number of carbonyl (C=O) groups excluding carboxylic acids is 2. The number of alkyl halides is 3. The van der Waals surface area contributed by atoms with E-state index in [0.29, 0.717) is 0 Å². The maximum absolute atomic E-state index is 13.0. The lowest BCUT2D eigenvalue weighted by molar-refractivity contribution is -0.141. The third kappa shape index (κ3) is 6.07. The second-order valence-corrected chi connectivity index (χ2v) is 4.68. The topological polar surface area (TPSA) is 81.4 Å². The molecule has 0 saturated carbocycles. The van der Waals surface area contributed by atoms with Crippen molar-refractivity contribution < 1.29 is 27.5 Å². The molecule has 0 unspecified atom stereocenters. The fourth-order valence-corrected chi connectivity index (χ4v) is 1.92. The molecule has 0 aliphatic carbocycles. The number of hydrogen-bond donors (Lipinski definition) is 2. The average Bonchev–Trinajstić information content (AvgIpc) is 2.45. The van der Waals surface area contributed by atoms with E-state index in [1.165, 1.54) is 19.1 Å². The van der Waals surface area contributed by atoms with Crippen molar-refractivity contribution in [2.24, 2.45) is 5.73 Å². The van der Waals surface area contributed by atoms with Crippen LogP contribution >= 0.6 is 12.4 Å². The first kappa shape index (κ1) is 21.2. The third-order valence-electron chi connectivity index (χ3n) is 3.09. The van der Waals surface area contributed by atoms with Gasteiger partial charge in [0.1, 0.15) is 0 Å². The Bertz CT molecular complexity index is 547. The van der Waals surface area contributed by atoms with Crippen LogP contribution < -0.4 is 11.1 Å². The molecule has 1 aromatic rings. The number of nitrogens with one attached hydrogen (secondary N) is 1. The molecule has 130 valence electrons. The van der Waals surface area contributed by atoms with Crippen molar-refractivity contribution in [3.05, 3.63) is 34.9 Å². The minimum absolute atomic E-state index is 0. The Balaban J connectivity index is 0.00000484. The normalized spacial score (nSPS) is 12.1. The van der Waals surface area contributed by atoms with Crippen LogP contribution in [-0.2, 0) is 20.5 Å². The van der Waals surface area contributed by atoms with Gasteiger partial charge in [-0.3, -0.25) is 9.59 Å². The fourth-order valence-electron chi connectivity index (χ4n) is 1.92. The van der Waals surface area contributed by atoms with Crippen LogP contribution in [0.1, 0.15) is 29.2 Å². The molecule has 0 aliphatic rings. The lowest BCUT2D eigenvalue weighted by Crippen LogP contribution is -2.35. The summed E-state index contributed by atoms with van der Waals surface area (Å²) in [6.45, 7) is 0.996. The summed E-state index contributed by atoms with van der Waals surface area (Å²) in [7, 11) is 1.15. The van der Waals surface area contributed by atoms with Crippen LogP contribution in [0.5, 0.6) is 0 Å². The number of esters is 1. The zero-order valence-corrected chi connectivity index (χ0v) is 13.4. The Morgan fingerprint density at radius 1 is 1.35 bits per heavy atom. The van der Waals surface area contributed by atoms with Gasteiger partial charge in [-0.15, -0.1) is 12.4 Å². The number of benzene rings is 1. The number of methoxy groups -OCH3 is 1. The van der Waals surface area contributed by atoms with Crippen molar-refractivity contribution >= 4 is 24.3 Å². The Morgan fingerprint density at radius 2 is 1.96 bits per heavy atom. The van der Waals surface area contributed by atoms with Gasteiger partial charge in [-0.1, -0.05) is 12.1 Å². The molecule has 1 aromatic carbocycles. The summed E-state index contributed by atoms with van der Waals surface area (Å²) in [5.41, 5.74) is 4.57. The molecular weight excluding hydrogens is 337 g/mol. The van der Waals surface area contributed by atoms with Crippen molar-refractivity contribution in [2.75, 3.05) is 13.7 Å². The summed E-state index contributed by atoms with van der Waals surface area (Å²) in [5, 5.41) is 2.41. The average molecular weight is 355 g/mol. The largest absolute Gasteiger partial charge is 0.469 e. The Labute approximate surface area is 137 Å². The first-order chi connectivity index (χ1) is 10.2. The number of carbonyl (C=O) groups is 2. The number of hydrogen-bond acceptors (Lipinski definition) is 4. The predicted molar refractivity (Wildman–Crippen MR) is 80.0 cm³/mol. The van der Waals surface area contributed by atoms with Crippen LogP contribution in [0.2, 0.25) is 0 Å². The molecule has 0 bridgehead atoms. The van der Waals surface area contributed by atoms with Gasteiger partial charge < -0.3 is 15.8 Å². The smallest absolute Gasteiger partial charge is 0.416 e. The van der Waals surface area contributed by atoms with Crippen molar-refractivity contribution in [1.82, 2.24) is 5.32 Å². The predicted octanol–water partition coefficient (Wildman–Crippen LogP) is 2.11. The molecule has 0 saturated heterocycles. The van der Waals surface area contributed by atoms with Crippen molar-refractivity contribution in [3.63, 3.8) is 0 Å². The second-order valence-electron chi connectivity index (χ2n) is 4.68. The van der Waals surface area contributed by atoms with Crippen molar-refractivity contribution in [1.29, 1.82) is 0 Å². The molecular formula is C14H18ClF3N2O3. The van der Waals surface area contributed by atoms with Crippen molar-refractivity contribution in [3.8, 4) is 0 Å². The van der Waals surface area contributed by atoms with Crippen LogP contribution in [-0.4, -0.2) is 25.5 Å². The molecule has 0 radical (unpaired) electrons. The zero-order chi connectivity index (χ0) is 16.9. The molecule has 5 nitrogen and oxygen atoms in total. The number of nitrogens with two attached hydrogens (primary N) is 1. The van der Waals surface area contributed by atoms with E-state index in [2.05, 4.69) is 10.1 Å². The van der Waals surface area contributed by atoms with Gasteiger partial charge in [-0.05, 0) is 24.1 Å². The maximum atomic E-state index is 13.0. The van der Waals surface area contributed by atoms with Crippen LogP contribution in [0.25, 0.3) is 0 Å². The zero-order valence-electron chi connectivity index (χ0n) is 12.6. The minimum Gasteiger partial charge on any atom is -0.469 e. The van der Waals surface area contributed by atoms with Crippen molar-refractivity contribution in [2.45, 2.75) is 25.6 Å². The van der Waals surface area contributed by atoms with Gasteiger partial charge in [0.2, 0.25) is 5.91 Å². The number of aryl methyl sites for hydroxylation is 1. The number of amides is 1. The standard InChI is InChI=1S/C14H17F3N2O3.ClH/c1-8-3-4-9(5-10(8)14(15,16)17)11(6-13(21)22-2)19-12(20)7-18;/h3-5,11H,6-7,18H2,1-2H3,(H,19,20);1H/t11-;/m0./s1. The van der Waals surface area contributed by atoms with E-state index < -0.39 is 29.7 Å². The molecule has 0 aliphatic heterocycles. The Hall–Kier alpha value is -1.80. The molecule has 23 heavy (non-hydrogen) atoms. The molecule has 0 aromatic heterocycles. The molecule has 0 spiro atoms. The highest BCUT2D eigenvalue weighted by Gasteiger charge is 2.33. The summed E-state index contributed by atoms with van der Waals surface area (Å²) in [6, 6.07) is 2.69. The molecule has 1 atom stereocenters. The van der Waals surface area contributed by atoms with Crippen LogP contribution in [0, 0.1) is 6.92 Å². The highest BCUT2D eigenvalue weighted by atomic mass is 35.5. The molecule has 0 fully saturated rings. The third-order valence-corrected chi connectivity index (χ3v) is 3.09. The molecule has 1 amide bonds.